The van der Waals surface area contributed by atoms with Crippen LogP contribution in [0.4, 0.5) is 0 Å². The molecular weight excluding hydrogens is 212 g/mol. The Labute approximate surface area is 107 Å². The van der Waals surface area contributed by atoms with E-state index in [0.29, 0.717) is 11.8 Å². The normalized spacial score (nSPS) is 30.9. The molecule has 0 saturated heterocycles. The molecule has 2 atom stereocenters. The predicted octanol–water partition coefficient (Wildman–Crippen LogP) is 3.77. The summed E-state index contributed by atoms with van der Waals surface area (Å²) in [6, 6.07) is 0. The Morgan fingerprint density at radius 1 is 1.35 bits per heavy atom. The highest BCUT2D eigenvalue weighted by molar-refractivity contribution is 4.92. The molecule has 2 heteroatoms. The van der Waals surface area contributed by atoms with E-state index in [2.05, 4.69) is 27.7 Å². The van der Waals surface area contributed by atoms with Crippen molar-refractivity contribution in [3.05, 3.63) is 0 Å². The first-order chi connectivity index (χ1) is 7.81. The van der Waals surface area contributed by atoms with Gasteiger partial charge in [0.2, 0.25) is 0 Å². The lowest BCUT2D eigenvalue weighted by molar-refractivity contribution is -0.0898. The molecule has 0 aromatic heterocycles. The molecule has 0 amide bonds. The quantitative estimate of drug-likeness (QED) is 0.795. The van der Waals surface area contributed by atoms with Crippen LogP contribution < -0.4 is 0 Å². The van der Waals surface area contributed by atoms with Crippen molar-refractivity contribution in [3.8, 4) is 0 Å². The molecule has 1 rings (SSSR count). The first-order valence-corrected chi connectivity index (χ1v) is 7.08. The average molecular weight is 242 g/mol. The zero-order valence-corrected chi connectivity index (χ0v) is 12.3. The van der Waals surface area contributed by atoms with Crippen molar-refractivity contribution in [1.29, 1.82) is 0 Å². The highest BCUT2D eigenvalue weighted by atomic mass is 16.5. The topological polar surface area (TPSA) is 29.5 Å². The lowest BCUT2D eigenvalue weighted by Crippen LogP contribution is -2.44. The van der Waals surface area contributed by atoms with Gasteiger partial charge in [0.15, 0.2) is 0 Å². The van der Waals surface area contributed by atoms with Crippen molar-refractivity contribution >= 4 is 0 Å². The molecule has 2 unspecified atom stereocenters. The molecule has 2 nitrogen and oxygen atoms in total. The summed E-state index contributed by atoms with van der Waals surface area (Å²) in [6.45, 7) is 8.68. The third kappa shape index (κ3) is 3.96. The maximum atomic E-state index is 10.9. The van der Waals surface area contributed by atoms with Gasteiger partial charge in [-0.05, 0) is 51.4 Å². The zero-order chi connectivity index (χ0) is 13.1. The van der Waals surface area contributed by atoms with Crippen molar-refractivity contribution in [2.24, 2.45) is 11.8 Å². The van der Waals surface area contributed by atoms with Crippen molar-refractivity contribution in [3.63, 3.8) is 0 Å². The molecule has 17 heavy (non-hydrogen) atoms. The monoisotopic (exact) mass is 242 g/mol. The first kappa shape index (κ1) is 15.0. The zero-order valence-electron chi connectivity index (χ0n) is 12.3. The van der Waals surface area contributed by atoms with Crippen LogP contribution in [-0.2, 0) is 4.74 Å². The van der Waals surface area contributed by atoms with Gasteiger partial charge in [-0.1, -0.05) is 26.7 Å². The van der Waals surface area contributed by atoms with E-state index >= 15 is 0 Å². The van der Waals surface area contributed by atoms with Gasteiger partial charge in [-0.15, -0.1) is 0 Å². The Hall–Kier alpha value is -0.0800. The number of ether oxygens (including phenoxy) is 1. The van der Waals surface area contributed by atoms with E-state index in [9.17, 15) is 5.11 Å². The Morgan fingerprint density at radius 3 is 2.53 bits per heavy atom. The number of hydrogen-bond donors (Lipinski definition) is 1. The SMILES string of the molecule is COC(C)(C)CCC1(O)CCCCC1C(C)C. The third-order valence-electron chi connectivity index (χ3n) is 4.58. The molecule has 1 aliphatic rings. The minimum absolute atomic E-state index is 0.116. The standard InChI is InChI=1S/C15H30O2/c1-12(2)13-8-6-7-9-15(13,16)11-10-14(3,4)17-5/h12-13,16H,6-11H2,1-5H3. The fraction of sp³-hybridized carbons (Fsp3) is 1.00. The second-order valence-corrected chi connectivity index (χ2v) is 6.66. The van der Waals surface area contributed by atoms with Gasteiger partial charge in [0, 0.05) is 7.11 Å². The summed E-state index contributed by atoms with van der Waals surface area (Å²) in [7, 11) is 1.75. The van der Waals surface area contributed by atoms with Crippen LogP contribution in [0.2, 0.25) is 0 Å². The fourth-order valence-electron chi connectivity index (χ4n) is 3.13. The maximum Gasteiger partial charge on any atom is 0.0679 e. The van der Waals surface area contributed by atoms with E-state index in [0.717, 1.165) is 19.3 Å². The summed E-state index contributed by atoms with van der Waals surface area (Å²) in [4.78, 5) is 0. The summed E-state index contributed by atoms with van der Waals surface area (Å²) in [6.07, 6.45) is 6.41. The molecule has 0 aromatic carbocycles. The summed E-state index contributed by atoms with van der Waals surface area (Å²) < 4.78 is 5.46. The molecule has 1 fully saturated rings. The van der Waals surface area contributed by atoms with Gasteiger partial charge in [0.05, 0.1) is 11.2 Å². The molecule has 1 aliphatic carbocycles. The predicted molar refractivity (Wildman–Crippen MR) is 72.1 cm³/mol. The van der Waals surface area contributed by atoms with E-state index in [4.69, 9.17) is 4.74 Å². The van der Waals surface area contributed by atoms with Crippen LogP contribution in [0.5, 0.6) is 0 Å². The molecule has 0 aromatic rings. The van der Waals surface area contributed by atoms with E-state index in [1.807, 2.05) is 0 Å². The number of methoxy groups -OCH3 is 1. The van der Waals surface area contributed by atoms with Crippen molar-refractivity contribution < 1.29 is 9.84 Å². The van der Waals surface area contributed by atoms with Gasteiger partial charge in [0.1, 0.15) is 0 Å². The molecule has 0 spiro atoms. The van der Waals surface area contributed by atoms with Crippen LogP contribution in [0.3, 0.4) is 0 Å². The summed E-state index contributed by atoms with van der Waals surface area (Å²) in [5, 5.41) is 10.9. The smallest absolute Gasteiger partial charge is 0.0679 e. The fourth-order valence-corrected chi connectivity index (χ4v) is 3.13. The molecule has 0 aliphatic heterocycles. The van der Waals surface area contributed by atoms with Gasteiger partial charge in [-0.2, -0.15) is 0 Å². The summed E-state index contributed by atoms with van der Waals surface area (Å²) in [5.74, 6) is 1.04. The van der Waals surface area contributed by atoms with Crippen LogP contribution in [0, 0.1) is 11.8 Å². The third-order valence-corrected chi connectivity index (χ3v) is 4.58. The van der Waals surface area contributed by atoms with Gasteiger partial charge < -0.3 is 9.84 Å². The molecule has 0 heterocycles. The second-order valence-electron chi connectivity index (χ2n) is 6.66. The van der Waals surface area contributed by atoms with Gasteiger partial charge in [-0.25, -0.2) is 0 Å². The molecule has 1 N–H and O–H groups in total. The Kier molecular flexibility index (Phi) is 5.03. The lowest BCUT2D eigenvalue weighted by atomic mass is 9.67. The maximum absolute atomic E-state index is 10.9. The Morgan fingerprint density at radius 2 is 2.00 bits per heavy atom. The summed E-state index contributed by atoms with van der Waals surface area (Å²) >= 11 is 0. The minimum Gasteiger partial charge on any atom is -0.390 e. The number of aliphatic hydroxyl groups is 1. The van der Waals surface area contributed by atoms with Crippen LogP contribution >= 0.6 is 0 Å². The lowest BCUT2D eigenvalue weighted by Gasteiger charge is -2.43. The minimum atomic E-state index is -0.456. The second kappa shape index (κ2) is 5.71. The van der Waals surface area contributed by atoms with Crippen molar-refractivity contribution in [2.45, 2.75) is 77.4 Å². The molecular formula is C15H30O2. The van der Waals surface area contributed by atoms with Crippen LogP contribution in [0.25, 0.3) is 0 Å². The average Bonchev–Trinajstić information content (AvgIpc) is 2.27. The van der Waals surface area contributed by atoms with Crippen LogP contribution in [0.1, 0.15) is 66.2 Å². The highest BCUT2D eigenvalue weighted by Gasteiger charge is 2.40. The van der Waals surface area contributed by atoms with E-state index in [1.54, 1.807) is 7.11 Å². The largest absolute Gasteiger partial charge is 0.390 e. The van der Waals surface area contributed by atoms with Crippen molar-refractivity contribution in [1.82, 2.24) is 0 Å². The van der Waals surface area contributed by atoms with Gasteiger partial charge >= 0.3 is 0 Å². The number of hydrogen-bond acceptors (Lipinski definition) is 2. The molecule has 0 radical (unpaired) electrons. The highest BCUT2D eigenvalue weighted by Crippen LogP contribution is 2.42. The van der Waals surface area contributed by atoms with E-state index in [-0.39, 0.29) is 5.60 Å². The Balaban J connectivity index is 2.63. The van der Waals surface area contributed by atoms with Gasteiger partial charge in [0.25, 0.3) is 0 Å². The molecule has 0 bridgehead atoms. The van der Waals surface area contributed by atoms with Crippen LogP contribution in [0.15, 0.2) is 0 Å². The van der Waals surface area contributed by atoms with E-state index in [1.165, 1.54) is 19.3 Å². The van der Waals surface area contributed by atoms with Crippen molar-refractivity contribution in [2.75, 3.05) is 7.11 Å². The van der Waals surface area contributed by atoms with E-state index < -0.39 is 5.60 Å². The molecule has 102 valence electrons. The first-order valence-electron chi connectivity index (χ1n) is 7.08. The van der Waals surface area contributed by atoms with Gasteiger partial charge in [-0.3, -0.25) is 0 Å². The summed E-state index contributed by atoms with van der Waals surface area (Å²) in [5.41, 5.74) is -0.572. The Bertz CT molecular complexity index is 235. The molecule has 1 saturated carbocycles. The van der Waals surface area contributed by atoms with Crippen LogP contribution in [-0.4, -0.2) is 23.4 Å². The number of rotatable bonds is 5.